The molecule has 2 aliphatic rings. The number of H-pyrrole nitrogens is 1. The predicted octanol–water partition coefficient (Wildman–Crippen LogP) is 2.73. The zero-order valence-electron chi connectivity index (χ0n) is 15.2. The molecule has 0 amide bonds. The Morgan fingerprint density at radius 2 is 2.22 bits per heavy atom. The van der Waals surface area contributed by atoms with E-state index >= 15 is 0 Å². The number of carbonyl (C=O) groups is 1. The van der Waals surface area contributed by atoms with Crippen LogP contribution in [0.1, 0.15) is 36.7 Å². The summed E-state index contributed by atoms with van der Waals surface area (Å²) < 4.78 is 0. The van der Waals surface area contributed by atoms with E-state index in [1.807, 2.05) is 18.2 Å². The molecule has 2 N–H and O–H groups in total. The molecule has 1 saturated heterocycles. The number of rotatable bonds is 4. The zero-order chi connectivity index (χ0) is 18.5. The van der Waals surface area contributed by atoms with Crippen LogP contribution in [-0.4, -0.2) is 43.8 Å². The largest absolute Gasteiger partial charge is 0.481 e. The number of aromatic nitrogens is 4. The summed E-state index contributed by atoms with van der Waals surface area (Å²) in [6.45, 7) is 3.21. The second kappa shape index (κ2) is 6.04. The molecule has 0 radical (unpaired) electrons. The van der Waals surface area contributed by atoms with Crippen LogP contribution >= 0.6 is 0 Å². The summed E-state index contributed by atoms with van der Waals surface area (Å²) in [5, 5.41) is 17.1. The van der Waals surface area contributed by atoms with Crippen LogP contribution in [0.4, 0.5) is 5.95 Å². The van der Waals surface area contributed by atoms with Crippen LogP contribution in [0.25, 0.3) is 22.2 Å². The van der Waals surface area contributed by atoms with E-state index in [1.54, 1.807) is 0 Å². The van der Waals surface area contributed by atoms with Crippen molar-refractivity contribution in [3.8, 4) is 11.3 Å². The van der Waals surface area contributed by atoms with Gasteiger partial charge < -0.3 is 10.0 Å². The van der Waals surface area contributed by atoms with Gasteiger partial charge in [0.2, 0.25) is 5.95 Å². The molecule has 7 heteroatoms. The topological polar surface area (TPSA) is 95.0 Å². The first-order valence-corrected chi connectivity index (χ1v) is 9.46. The van der Waals surface area contributed by atoms with Crippen LogP contribution in [0.2, 0.25) is 0 Å². The lowest BCUT2D eigenvalue weighted by atomic mass is 10.0. The van der Waals surface area contributed by atoms with E-state index < -0.39 is 5.97 Å². The van der Waals surface area contributed by atoms with Gasteiger partial charge >= 0.3 is 5.97 Å². The first kappa shape index (κ1) is 16.2. The van der Waals surface area contributed by atoms with Crippen molar-refractivity contribution in [2.75, 3.05) is 11.4 Å². The first-order chi connectivity index (χ1) is 13.1. The van der Waals surface area contributed by atoms with E-state index in [2.05, 4.69) is 22.0 Å². The van der Waals surface area contributed by atoms with Gasteiger partial charge in [0.15, 0.2) is 0 Å². The highest BCUT2D eigenvalue weighted by atomic mass is 16.4. The molecule has 138 valence electrons. The minimum Gasteiger partial charge on any atom is -0.481 e. The summed E-state index contributed by atoms with van der Waals surface area (Å²) in [6.07, 6.45) is 4.18. The second-order valence-corrected chi connectivity index (χ2v) is 7.48. The van der Waals surface area contributed by atoms with Gasteiger partial charge in [0, 0.05) is 34.8 Å². The van der Waals surface area contributed by atoms with Crippen molar-refractivity contribution in [1.82, 2.24) is 20.2 Å². The number of hydrogen-bond acceptors (Lipinski definition) is 5. The van der Waals surface area contributed by atoms with Crippen LogP contribution in [0, 0.1) is 0 Å². The molecule has 1 fully saturated rings. The molecule has 0 saturated carbocycles. The number of aromatic amines is 1. The first-order valence-electron chi connectivity index (χ1n) is 9.46. The molecule has 1 aliphatic heterocycles. The van der Waals surface area contributed by atoms with Crippen LogP contribution in [-0.2, 0) is 24.1 Å². The molecule has 27 heavy (non-hydrogen) atoms. The fourth-order valence-corrected chi connectivity index (χ4v) is 4.09. The Bertz CT molecular complexity index is 1060. The molecule has 3 heterocycles. The summed E-state index contributed by atoms with van der Waals surface area (Å²) in [5.41, 5.74) is 5.78. The number of aliphatic carboxylic acids is 1. The molecule has 0 bridgehead atoms. The van der Waals surface area contributed by atoms with Gasteiger partial charge in [-0.2, -0.15) is 5.10 Å². The normalized spacial score (nSPS) is 18.6. The lowest BCUT2D eigenvalue weighted by molar-refractivity contribution is -0.136. The molecular formula is C20H21N5O2. The fourth-order valence-electron chi connectivity index (χ4n) is 4.09. The molecule has 1 aliphatic carbocycles. The Hall–Kier alpha value is -2.96. The van der Waals surface area contributed by atoms with Crippen molar-refractivity contribution in [1.29, 1.82) is 0 Å². The minimum absolute atomic E-state index is 0.0954. The lowest BCUT2D eigenvalue weighted by Gasteiger charge is -2.39. The van der Waals surface area contributed by atoms with Crippen molar-refractivity contribution in [3.05, 3.63) is 35.2 Å². The van der Waals surface area contributed by atoms with E-state index in [1.165, 1.54) is 12.0 Å². The number of fused-ring (bicyclic) bond motifs is 2. The van der Waals surface area contributed by atoms with Gasteiger partial charge in [0.05, 0.1) is 23.3 Å². The third kappa shape index (κ3) is 2.65. The molecule has 2 aromatic heterocycles. The predicted molar refractivity (Wildman–Crippen MR) is 102 cm³/mol. The van der Waals surface area contributed by atoms with E-state index in [4.69, 9.17) is 15.1 Å². The molecule has 1 atom stereocenters. The van der Waals surface area contributed by atoms with Gasteiger partial charge in [-0.05, 0) is 44.7 Å². The summed E-state index contributed by atoms with van der Waals surface area (Å²) >= 11 is 0. The number of carboxylic acid groups (broad SMARTS) is 1. The molecule has 7 nitrogen and oxygen atoms in total. The average molecular weight is 363 g/mol. The van der Waals surface area contributed by atoms with Crippen molar-refractivity contribution in [2.24, 2.45) is 0 Å². The molecular weight excluding hydrogens is 342 g/mol. The van der Waals surface area contributed by atoms with Crippen LogP contribution < -0.4 is 4.90 Å². The second-order valence-electron chi connectivity index (χ2n) is 7.48. The fraction of sp³-hybridized carbons (Fsp3) is 0.400. The number of nitrogens with zero attached hydrogens (tertiary/aromatic N) is 4. The number of aryl methyl sites for hydroxylation is 1. The van der Waals surface area contributed by atoms with Crippen molar-refractivity contribution < 1.29 is 9.90 Å². The maximum absolute atomic E-state index is 11.1. The third-order valence-electron chi connectivity index (χ3n) is 5.73. The van der Waals surface area contributed by atoms with E-state index in [9.17, 15) is 4.79 Å². The number of hydrogen-bond donors (Lipinski definition) is 2. The van der Waals surface area contributed by atoms with E-state index in [-0.39, 0.29) is 6.42 Å². The summed E-state index contributed by atoms with van der Waals surface area (Å²) in [4.78, 5) is 23.2. The highest BCUT2D eigenvalue weighted by Crippen LogP contribution is 2.35. The van der Waals surface area contributed by atoms with Gasteiger partial charge in [-0.3, -0.25) is 9.89 Å². The Labute approximate surface area is 156 Å². The summed E-state index contributed by atoms with van der Waals surface area (Å²) in [6, 6.07) is 6.49. The smallest absolute Gasteiger partial charge is 0.309 e. The number of nitrogens with one attached hydrogen (secondary N) is 1. The summed E-state index contributed by atoms with van der Waals surface area (Å²) in [7, 11) is 0. The quantitative estimate of drug-likeness (QED) is 0.740. The summed E-state index contributed by atoms with van der Waals surface area (Å²) in [5.74, 6) is -0.0618. The zero-order valence-corrected chi connectivity index (χ0v) is 15.2. The van der Waals surface area contributed by atoms with Crippen molar-refractivity contribution in [3.63, 3.8) is 0 Å². The Balaban J connectivity index is 1.64. The van der Waals surface area contributed by atoms with Gasteiger partial charge in [-0.1, -0.05) is 6.07 Å². The Morgan fingerprint density at radius 1 is 1.33 bits per heavy atom. The molecule has 0 spiro atoms. The monoisotopic (exact) mass is 363 g/mol. The number of benzene rings is 1. The highest BCUT2D eigenvalue weighted by Gasteiger charge is 2.29. The van der Waals surface area contributed by atoms with E-state index in [0.717, 1.165) is 59.6 Å². The maximum Gasteiger partial charge on any atom is 0.309 e. The van der Waals surface area contributed by atoms with Gasteiger partial charge in [-0.25, -0.2) is 9.97 Å². The van der Waals surface area contributed by atoms with Gasteiger partial charge in [-0.15, -0.1) is 0 Å². The Morgan fingerprint density at radius 3 is 2.96 bits per heavy atom. The Kier molecular flexibility index (Phi) is 3.63. The molecule has 5 rings (SSSR count). The molecule has 1 aromatic carbocycles. The maximum atomic E-state index is 11.1. The van der Waals surface area contributed by atoms with E-state index in [0.29, 0.717) is 11.7 Å². The minimum atomic E-state index is -0.884. The van der Waals surface area contributed by atoms with Crippen LogP contribution in [0.5, 0.6) is 0 Å². The SMILES string of the molecule is CC1CCN1c1nc2c(c(-c3ccc4[nH]nc(CC(=O)O)c4c3)n1)CCC2. The highest BCUT2D eigenvalue weighted by molar-refractivity contribution is 5.89. The van der Waals surface area contributed by atoms with Crippen LogP contribution in [0.15, 0.2) is 18.2 Å². The molecule has 1 unspecified atom stereocenters. The number of carboxylic acids is 1. The van der Waals surface area contributed by atoms with Gasteiger partial charge in [0.25, 0.3) is 0 Å². The number of anilines is 1. The third-order valence-corrected chi connectivity index (χ3v) is 5.73. The van der Waals surface area contributed by atoms with Gasteiger partial charge in [0.1, 0.15) is 0 Å². The molecule has 3 aromatic rings. The lowest BCUT2D eigenvalue weighted by Crippen LogP contribution is -2.46. The van der Waals surface area contributed by atoms with Crippen molar-refractivity contribution in [2.45, 2.75) is 45.1 Å². The average Bonchev–Trinajstić information content (AvgIpc) is 3.26. The van der Waals surface area contributed by atoms with Crippen molar-refractivity contribution >= 4 is 22.8 Å². The standard InChI is InChI=1S/C20H21N5O2/c1-11-7-8-25(11)20-21-15-4-2-3-13(15)19(22-20)12-5-6-16-14(9-12)17(24-23-16)10-18(26)27/h5-6,9,11H,2-4,7-8,10H2,1H3,(H,23,24)(H,26,27). The van der Waals surface area contributed by atoms with Crippen LogP contribution in [0.3, 0.4) is 0 Å².